The van der Waals surface area contributed by atoms with E-state index in [2.05, 4.69) is 5.32 Å². The Balaban J connectivity index is 1.64. The van der Waals surface area contributed by atoms with Crippen molar-refractivity contribution in [2.75, 3.05) is 13.2 Å². The lowest BCUT2D eigenvalue weighted by Crippen LogP contribution is -2.45. The van der Waals surface area contributed by atoms with Gasteiger partial charge in [0, 0.05) is 18.0 Å². The summed E-state index contributed by atoms with van der Waals surface area (Å²) in [5.74, 6) is -1.74. The molecule has 0 bridgehead atoms. The number of rotatable bonds is 8. The van der Waals surface area contributed by atoms with Crippen molar-refractivity contribution in [2.24, 2.45) is 0 Å². The van der Waals surface area contributed by atoms with Gasteiger partial charge in [-0.1, -0.05) is 89.9 Å². The molecule has 0 aliphatic carbocycles. The number of hydrogen-bond donors (Lipinski definition) is 1. The second-order valence-electron chi connectivity index (χ2n) is 8.95. The summed E-state index contributed by atoms with van der Waals surface area (Å²) in [6.07, 6.45) is -0.0163. The van der Waals surface area contributed by atoms with Crippen LogP contribution in [0, 0.1) is 0 Å². The summed E-state index contributed by atoms with van der Waals surface area (Å²) >= 11 is 12.3. The van der Waals surface area contributed by atoms with E-state index in [-0.39, 0.29) is 31.4 Å². The van der Waals surface area contributed by atoms with Crippen molar-refractivity contribution < 1.29 is 19.1 Å². The summed E-state index contributed by atoms with van der Waals surface area (Å²) in [7, 11) is 0. The molecule has 1 aliphatic heterocycles. The molecule has 1 N–H and O–H groups in total. The lowest BCUT2D eigenvalue weighted by molar-refractivity contribution is -0.141. The molecule has 4 rings (SSSR count). The predicted octanol–water partition coefficient (Wildman–Crippen LogP) is 6.05. The molecular formula is C30H28Cl2N2O4. The third-order valence-electron chi connectivity index (χ3n) is 6.54. The Labute approximate surface area is 232 Å². The summed E-state index contributed by atoms with van der Waals surface area (Å²) < 4.78 is 5.33. The van der Waals surface area contributed by atoms with Crippen LogP contribution in [0.1, 0.15) is 48.9 Å². The number of amides is 2. The first-order valence-electron chi connectivity index (χ1n) is 12.3. The van der Waals surface area contributed by atoms with Crippen LogP contribution in [0.5, 0.6) is 0 Å². The van der Waals surface area contributed by atoms with Gasteiger partial charge in [-0.05, 0) is 42.7 Å². The van der Waals surface area contributed by atoms with E-state index >= 15 is 0 Å². The molecule has 8 heteroatoms. The van der Waals surface area contributed by atoms with E-state index in [9.17, 15) is 14.4 Å². The highest BCUT2D eigenvalue weighted by Crippen LogP contribution is 2.39. The minimum atomic E-state index is -0.572. The van der Waals surface area contributed by atoms with Gasteiger partial charge < -0.3 is 15.0 Å². The molecule has 3 aromatic rings. The molecule has 0 aromatic heterocycles. The van der Waals surface area contributed by atoms with Gasteiger partial charge in [-0.25, -0.2) is 4.79 Å². The molecule has 0 spiro atoms. The zero-order valence-corrected chi connectivity index (χ0v) is 22.6. The lowest BCUT2D eigenvalue weighted by Gasteiger charge is -2.34. The number of halogens is 2. The van der Waals surface area contributed by atoms with Crippen molar-refractivity contribution in [3.8, 4) is 0 Å². The first-order valence-corrected chi connectivity index (χ1v) is 13.1. The number of benzene rings is 3. The van der Waals surface area contributed by atoms with E-state index in [0.717, 1.165) is 11.1 Å². The number of carbonyl (C=O) groups is 3. The van der Waals surface area contributed by atoms with Crippen molar-refractivity contribution in [3.63, 3.8) is 0 Å². The molecular weight excluding hydrogens is 523 g/mol. The van der Waals surface area contributed by atoms with Crippen LogP contribution in [0.25, 0.3) is 0 Å². The van der Waals surface area contributed by atoms with E-state index in [4.69, 9.17) is 27.9 Å². The third-order valence-corrected chi connectivity index (χ3v) is 7.28. The maximum Gasteiger partial charge on any atom is 0.336 e. The zero-order valence-electron chi connectivity index (χ0n) is 21.1. The van der Waals surface area contributed by atoms with E-state index in [1.807, 2.05) is 60.7 Å². The quantitative estimate of drug-likeness (QED) is 0.346. The topological polar surface area (TPSA) is 75.7 Å². The summed E-state index contributed by atoms with van der Waals surface area (Å²) in [5.41, 5.74) is 3.20. The molecule has 0 saturated heterocycles. The lowest BCUT2D eigenvalue weighted by atomic mass is 9.83. The summed E-state index contributed by atoms with van der Waals surface area (Å²) in [6, 6.07) is 23.9. The van der Waals surface area contributed by atoms with Gasteiger partial charge in [-0.15, -0.1) is 0 Å². The summed E-state index contributed by atoms with van der Waals surface area (Å²) in [4.78, 5) is 41.0. The number of nitrogens with zero attached hydrogens (tertiary/aromatic N) is 1. The smallest absolute Gasteiger partial charge is 0.336 e. The number of ether oxygens (including phenoxy) is 1. The zero-order chi connectivity index (χ0) is 27.2. The van der Waals surface area contributed by atoms with Gasteiger partial charge in [0.2, 0.25) is 11.8 Å². The Bertz CT molecular complexity index is 1320. The molecule has 1 atom stereocenters. The standard InChI is InChI=1S/C30H28Cl2N2O4/c1-3-38-30(37)28-19(2)34(27(36)17-23(28)22-14-15-24(31)25(32)16-22)18-26(35)33-29(20-10-6-4-7-11-20)21-12-8-5-9-13-21/h4-16,23,29H,3,17-18H2,1-2H3,(H,33,35)/t23-/m1/s1. The van der Waals surface area contributed by atoms with Crippen LogP contribution < -0.4 is 5.32 Å². The number of carbonyl (C=O) groups excluding carboxylic acids is 3. The number of hydrogen-bond acceptors (Lipinski definition) is 4. The monoisotopic (exact) mass is 550 g/mol. The van der Waals surface area contributed by atoms with Crippen LogP contribution in [-0.2, 0) is 19.1 Å². The van der Waals surface area contributed by atoms with E-state index in [0.29, 0.717) is 26.9 Å². The van der Waals surface area contributed by atoms with Gasteiger partial charge in [-0.3, -0.25) is 9.59 Å². The third kappa shape index (κ3) is 6.09. The number of allylic oxidation sites excluding steroid dienone is 1. The van der Waals surface area contributed by atoms with Gasteiger partial charge in [0.05, 0.1) is 28.3 Å². The van der Waals surface area contributed by atoms with Crippen LogP contribution in [0.4, 0.5) is 0 Å². The fraction of sp³-hybridized carbons (Fsp3) is 0.233. The Morgan fingerprint density at radius 3 is 2.13 bits per heavy atom. The van der Waals surface area contributed by atoms with Crippen LogP contribution in [0.15, 0.2) is 90.1 Å². The Morgan fingerprint density at radius 1 is 0.974 bits per heavy atom. The first kappa shape index (κ1) is 27.4. The van der Waals surface area contributed by atoms with Crippen molar-refractivity contribution in [1.82, 2.24) is 10.2 Å². The Hall–Kier alpha value is -3.61. The SMILES string of the molecule is CCOC(=O)C1=C(C)N(CC(=O)NC(c2ccccc2)c2ccccc2)C(=O)C[C@@H]1c1ccc(Cl)c(Cl)c1. The highest BCUT2D eigenvalue weighted by molar-refractivity contribution is 6.42. The van der Waals surface area contributed by atoms with E-state index in [1.165, 1.54) is 4.90 Å². The molecule has 0 saturated carbocycles. The van der Waals surface area contributed by atoms with Crippen LogP contribution in [0.3, 0.4) is 0 Å². The van der Waals surface area contributed by atoms with Crippen molar-refractivity contribution in [3.05, 3.63) is 117 Å². The molecule has 6 nitrogen and oxygen atoms in total. The van der Waals surface area contributed by atoms with Gasteiger partial charge in [0.15, 0.2) is 0 Å². The van der Waals surface area contributed by atoms with Gasteiger partial charge in [-0.2, -0.15) is 0 Å². The highest BCUT2D eigenvalue weighted by atomic mass is 35.5. The fourth-order valence-corrected chi connectivity index (χ4v) is 5.00. The van der Waals surface area contributed by atoms with Crippen molar-refractivity contribution >= 4 is 41.0 Å². The van der Waals surface area contributed by atoms with Crippen LogP contribution >= 0.6 is 23.2 Å². The largest absolute Gasteiger partial charge is 0.463 e. The maximum absolute atomic E-state index is 13.3. The van der Waals surface area contributed by atoms with Crippen LogP contribution in [-0.4, -0.2) is 35.8 Å². The van der Waals surface area contributed by atoms with Crippen LogP contribution in [0.2, 0.25) is 10.0 Å². The summed E-state index contributed by atoms with van der Waals surface area (Å²) in [6.45, 7) is 3.31. The number of nitrogens with one attached hydrogen (secondary N) is 1. The normalized spacial score (nSPS) is 15.6. The van der Waals surface area contributed by atoms with E-state index < -0.39 is 17.9 Å². The van der Waals surface area contributed by atoms with Crippen molar-refractivity contribution in [2.45, 2.75) is 32.2 Å². The molecule has 1 heterocycles. The van der Waals surface area contributed by atoms with Gasteiger partial charge in [0.25, 0.3) is 0 Å². The Morgan fingerprint density at radius 2 is 1.58 bits per heavy atom. The van der Waals surface area contributed by atoms with Gasteiger partial charge in [0.1, 0.15) is 6.54 Å². The molecule has 3 aromatic carbocycles. The second-order valence-corrected chi connectivity index (χ2v) is 9.77. The second kappa shape index (κ2) is 12.3. The van der Waals surface area contributed by atoms with Gasteiger partial charge >= 0.3 is 5.97 Å². The molecule has 0 fully saturated rings. The molecule has 2 amide bonds. The highest BCUT2D eigenvalue weighted by Gasteiger charge is 2.38. The van der Waals surface area contributed by atoms with Crippen molar-refractivity contribution in [1.29, 1.82) is 0 Å². The average molecular weight is 551 g/mol. The fourth-order valence-electron chi connectivity index (χ4n) is 4.69. The maximum atomic E-state index is 13.3. The van der Waals surface area contributed by atoms with E-state index in [1.54, 1.807) is 32.0 Å². The number of esters is 1. The minimum absolute atomic E-state index is 0.0163. The minimum Gasteiger partial charge on any atom is -0.463 e. The predicted molar refractivity (Wildman–Crippen MR) is 148 cm³/mol. The summed E-state index contributed by atoms with van der Waals surface area (Å²) in [5, 5.41) is 3.76. The first-order chi connectivity index (χ1) is 18.3. The molecule has 196 valence electrons. The molecule has 38 heavy (non-hydrogen) atoms. The molecule has 1 aliphatic rings. The molecule has 0 unspecified atom stereocenters. The molecule has 0 radical (unpaired) electrons. The average Bonchev–Trinajstić information content (AvgIpc) is 2.92. The Kier molecular flexibility index (Phi) is 8.87.